The lowest BCUT2D eigenvalue weighted by atomic mass is 10.1. The van der Waals surface area contributed by atoms with Crippen molar-refractivity contribution >= 4 is 11.6 Å². The van der Waals surface area contributed by atoms with E-state index in [9.17, 15) is 4.79 Å². The number of aryl methyl sites for hydroxylation is 1. The van der Waals surface area contributed by atoms with E-state index >= 15 is 0 Å². The Labute approximate surface area is 147 Å². The summed E-state index contributed by atoms with van der Waals surface area (Å²) in [5, 5.41) is 7.54. The van der Waals surface area contributed by atoms with Crippen molar-refractivity contribution in [2.45, 2.75) is 26.8 Å². The smallest absolute Gasteiger partial charge is 0.224 e. The summed E-state index contributed by atoms with van der Waals surface area (Å²) in [5.41, 5.74) is 11.3. The molecule has 0 fully saturated rings. The third-order valence-electron chi connectivity index (χ3n) is 4.25. The second-order valence-electron chi connectivity index (χ2n) is 6.09. The molecule has 0 aliphatic carbocycles. The predicted molar refractivity (Wildman–Crippen MR) is 99.4 cm³/mol. The van der Waals surface area contributed by atoms with Crippen molar-refractivity contribution in [2.75, 3.05) is 5.73 Å². The number of nitrogens with zero attached hydrogens (tertiary/aromatic N) is 2. The average molecular weight is 334 g/mol. The first-order valence-corrected chi connectivity index (χ1v) is 8.26. The zero-order valence-electron chi connectivity index (χ0n) is 14.5. The van der Waals surface area contributed by atoms with Gasteiger partial charge in [-0.2, -0.15) is 5.10 Å². The monoisotopic (exact) mass is 334 g/mol. The van der Waals surface area contributed by atoms with Gasteiger partial charge < -0.3 is 11.1 Å². The van der Waals surface area contributed by atoms with Crippen LogP contribution in [0.2, 0.25) is 0 Å². The van der Waals surface area contributed by atoms with E-state index in [1.165, 1.54) is 0 Å². The van der Waals surface area contributed by atoms with E-state index in [1.54, 1.807) is 0 Å². The maximum atomic E-state index is 12.3. The van der Waals surface area contributed by atoms with Gasteiger partial charge in [-0.3, -0.25) is 4.79 Å². The molecule has 0 unspecified atom stereocenters. The van der Waals surface area contributed by atoms with Crippen LogP contribution in [0.15, 0.2) is 54.6 Å². The lowest BCUT2D eigenvalue weighted by molar-refractivity contribution is -0.120. The van der Waals surface area contributed by atoms with Gasteiger partial charge in [0.25, 0.3) is 0 Å². The van der Waals surface area contributed by atoms with Crippen LogP contribution < -0.4 is 11.1 Å². The van der Waals surface area contributed by atoms with Gasteiger partial charge in [0.15, 0.2) is 0 Å². The van der Waals surface area contributed by atoms with Crippen molar-refractivity contribution in [3.63, 3.8) is 0 Å². The topological polar surface area (TPSA) is 72.9 Å². The van der Waals surface area contributed by atoms with E-state index in [-0.39, 0.29) is 5.91 Å². The number of para-hydroxylation sites is 1. The number of nitrogens with two attached hydrogens (primary N) is 1. The van der Waals surface area contributed by atoms with E-state index < -0.39 is 0 Å². The molecule has 3 aromatic rings. The Morgan fingerprint density at radius 1 is 1.08 bits per heavy atom. The Bertz CT molecular complexity index is 867. The quantitative estimate of drug-likeness (QED) is 0.705. The van der Waals surface area contributed by atoms with Gasteiger partial charge in [0.1, 0.15) is 0 Å². The molecule has 1 heterocycles. The first-order valence-electron chi connectivity index (χ1n) is 8.26. The third-order valence-corrected chi connectivity index (χ3v) is 4.25. The Morgan fingerprint density at radius 3 is 2.44 bits per heavy atom. The third kappa shape index (κ3) is 3.88. The molecule has 0 bridgehead atoms. The largest absolute Gasteiger partial charge is 0.399 e. The van der Waals surface area contributed by atoms with Gasteiger partial charge in [-0.1, -0.05) is 30.3 Å². The summed E-state index contributed by atoms with van der Waals surface area (Å²) in [6.07, 6.45) is 0.319. The fourth-order valence-corrected chi connectivity index (χ4v) is 2.81. The molecular formula is C20H22N4O. The number of hydrogen-bond donors (Lipinski definition) is 2. The van der Waals surface area contributed by atoms with Gasteiger partial charge in [0.2, 0.25) is 5.91 Å². The number of carbonyl (C=O) groups is 1. The van der Waals surface area contributed by atoms with Crippen LogP contribution in [0.5, 0.6) is 0 Å². The summed E-state index contributed by atoms with van der Waals surface area (Å²) in [7, 11) is 0. The molecule has 0 saturated carbocycles. The number of aromatic nitrogens is 2. The molecule has 1 aromatic heterocycles. The molecule has 0 saturated heterocycles. The number of rotatable bonds is 5. The number of nitrogen functional groups attached to an aromatic ring is 1. The lowest BCUT2D eigenvalue weighted by Gasteiger charge is -2.07. The number of benzene rings is 2. The molecule has 0 radical (unpaired) electrons. The standard InChI is InChI=1S/C20H22N4O/c1-14-19(15(2)24(23-14)18-6-4-3-5-7-18)12-20(25)22-13-16-8-10-17(21)11-9-16/h3-11H,12-13,21H2,1-2H3,(H,22,25). The highest BCUT2D eigenvalue weighted by molar-refractivity contribution is 5.79. The summed E-state index contributed by atoms with van der Waals surface area (Å²) < 4.78 is 1.89. The molecule has 1 amide bonds. The molecule has 5 heteroatoms. The van der Waals surface area contributed by atoms with Crippen LogP contribution in [0.1, 0.15) is 22.5 Å². The van der Waals surface area contributed by atoms with E-state index in [4.69, 9.17) is 5.73 Å². The van der Waals surface area contributed by atoms with Gasteiger partial charge in [-0.05, 0) is 43.7 Å². The van der Waals surface area contributed by atoms with Crippen molar-refractivity contribution in [1.29, 1.82) is 0 Å². The highest BCUT2D eigenvalue weighted by atomic mass is 16.1. The van der Waals surface area contributed by atoms with Gasteiger partial charge >= 0.3 is 0 Å². The molecule has 25 heavy (non-hydrogen) atoms. The van der Waals surface area contributed by atoms with E-state index in [1.807, 2.05) is 73.1 Å². The minimum Gasteiger partial charge on any atom is -0.399 e. The van der Waals surface area contributed by atoms with E-state index in [0.29, 0.717) is 13.0 Å². The van der Waals surface area contributed by atoms with Gasteiger partial charge in [-0.25, -0.2) is 4.68 Å². The molecule has 2 aromatic carbocycles. The van der Waals surface area contributed by atoms with Crippen molar-refractivity contribution in [3.05, 3.63) is 77.1 Å². The zero-order valence-corrected chi connectivity index (χ0v) is 14.5. The van der Waals surface area contributed by atoms with Crippen LogP contribution in [0.25, 0.3) is 5.69 Å². The molecule has 3 N–H and O–H groups in total. The lowest BCUT2D eigenvalue weighted by Crippen LogP contribution is -2.25. The highest BCUT2D eigenvalue weighted by Gasteiger charge is 2.15. The molecule has 0 spiro atoms. The Balaban J connectivity index is 1.69. The summed E-state index contributed by atoms with van der Waals surface area (Å²) in [5.74, 6) is -0.0179. The first-order chi connectivity index (χ1) is 12.0. The van der Waals surface area contributed by atoms with Crippen LogP contribution in [-0.2, 0) is 17.8 Å². The molecule has 0 aliphatic heterocycles. The summed E-state index contributed by atoms with van der Waals surface area (Å²) >= 11 is 0. The van der Waals surface area contributed by atoms with E-state index in [2.05, 4.69) is 10.4 Å². The van der Waals surface area contributed by atoms with Crippen molar-refractivity contribution in [1.82, 2.24) is 15.1 Å². The van der Waals surface area contributed by atoms with Crippen LogP contribution in [-0.4, -0.2) is 15.7 Å². The van der Waals surface area contributed by atoms with Crippen LogP contribution in [0.4, 0.5) is 5.69 Å². The maximum absolute atomic E-state index is 12.3. The van der Waals surface area contributed by atoms with E-state index in [0.717, 1.165) is 33.9 Å². The number of hydrogen-bond acceptors (Lipinski definition) is 3. The van der Waals surface area contributed by atoms with Crippen molar-refractivity contribution in [3.8, 4) is 5.69 Å². The Morgan fingerprint density at radius 2 is 1.76 bits per heavy atom. The minimum atomic E-state index is -0.0179. The predicted octanol–water partition coefficient (Wildman–Crippen LogP) is 2.93. The van der Waals surface area contributed by atoms with Crippen LogP contribution in [0.3, 0.4) is 0 Å². The highest BCUT2D eigenvalue weighted by Crippen LogP contribution is 2.18. The average Bonchev–Trinajstić information content (AvgIpc) is 2.90. The fraction of sp³-hybridized carbons (Fsp3) is 0.200. The molecule has 128 valence electrons. The summed E-state index contributed by atoms with van der Waals surface area (Å²) in [4.78, 5) is 12.3. The summed E-state index contributed by atoms with van der Waals surface area (Å²) in [6.45, 7) is 4.43. The SMILES string of the molecule is Cc1nn(-c2ccccc2)c(C)c1CC(=O)NCc1ccc(N)cc1. The second kappa shape index (κ2) is 7.21. The number of anilines is 1. The Hall–Kier alpha value is -3.08. The minimum absolute atomic E-state index is 0.0179. The second-order valence-corrected chi connectivity index (χ2v) is 6.09. The molecule has 0 atom stereocenters. The number of amides is 1. The maximum Gasteiger partial charge on any atom is 0.224 e. The van der Waals surface area contributed by atoms with Gasteiger partial charge in [0, 0.05) is 23.5 Å². The molecule has 5 nitrogen and oxygen atoms in total. The van der Waals surface area contributed by atoms with Gasteiger partial charge in [-0.15, -0.1) is 0 Å². The Kier molecular flexibility index (Phi) is 4.84. The zero-order chi connectivity index (χ0) is 17.8. The van der Waals surface area contributed by atoms with Gasteiger partial charge in [0.05, 0.1) is 17.8 Å². The van der Waals surface area contributed by atoms with Crippen LogP contribution in [0, 0.1) is 13.8 Å². The number of nitrogens with one attached hydrogen (secondary N) is 1. The molecular weight excluding hydrogens is 312 g/mol. The normalized spacial score (nSPS) is 10.6. The van der Waals surface area contributed by atoms with Crippen LogP contribution >= 0.6 is 0 Å². The molecule has 3 rings (SSSR count). The summed E-state index contributed by atoms with van der Waals surface area (Å²) in [6, 6.07) is 17.4. The fourth-order valence-electron chi connectivity index (χ4n) is 2.81. The molecule has 0 aliphatic rings. The van der Waals surface area contributed by atoms with Crippen molar-refractivity contribution in [2.24, 2.45) is 0 Å². The first kappa shape index (κ1) is 16.8. The van der Waals surface area contributed by atoms with Crippen molar-refractivity contribution < 1.29 is 4.79 Å². The number of carbonyl (C=O) groups excluding carboxylic acids is 1.